The third kappa shape index (κ3) is 2.08. The molecule has 2 nitrogen and oxygen atoms in total. The SMILES string of the molecule is Cc1c(F)cc(C2CNCCO2)c(C)c1Cl. The first kappa shape index (κ1) is 11.8. The average Bonchev–Trinajstić information content (AvgIpc) is 2.32. The van der Waals surface area contributed by atoms with Crippen LogP contribution in [-0.2, 0) is 4.74 Å². The van der Waals surface area contributed by atoms with Gasteiger partial charge < -0.3 is 10.1 Å². The highest BCUT2D eigenvalue weighted by Gasteiger charge is 2.21. The van der Waals surface area contributed by atoms with Gasteiger partial charge >= 0.3 is 0 Å². The smallest absolute Gasteiger partial charge is 0.127 e. The lowest BCUT2D eigenvalue weighted by Gasteiger charge is -2.26. The first-order valence-electron chi connectivity index (χ1n) is 5.38. The van der Waals surface area contributed by atoms with E-state index in [1.165, 1.54) is 6.07 Å². The summed E-state index contributed by atoms with van der Waals surface area (Å²) in [4.78, 5) is 0. The predicted molar refractivity (Wildman–Crippen MR) is 62.4 cm³/mol. The topological polar surface area (TPSA) is 21.3 Å². The molecule has 0 amide bonds. The van der Waals surface area contributed by atoms with Crippen LogP contribution in [-0.4, -0.2) is 19.7 Å². The largest absolute Gasteiger partial charge is 0.371 e. The van der Waals surface area contributed by atoms with Crippen LogP contribution in [0.4, 0.5) is 4.39 Å². The van der Waals surface area contributed by atoms with Crippen molar-refractivity contribution in [3.63, 3.8) is 0 Å². The minimum Gasteiger partial charge on any atom is -0.371 e. The molecule has 0 bridgehead atoms. The molecule has 0 aromatic heterocycles. The van der Waals surface area contributed by atoms with Gasteiger partial charge in [0.05, 0.1) is 12.7 Å². The molecule has 1 atom stereocenters. The number of nitrogens with one attached hydrogen (secondary N) is 1. The van der Waals surface area contributed by atoms with Gasteiger partial charge in [-0.1, -0.05) is 11.6 Å². The van der Waals surface area contributed by atoms with Crippen molar-refractivity contribution >= 4 is 11.6 Å². The number of halogens is 2. The van der Waals surface area contributed by atoms with Crippen molar-refractivity contribution in [3.8, 4) is 0 Å². The fraction of sp³-hybridized carbons (Fsp3) is 0.500. The number of hydrogen-bond donors (Lipinski definition) is 1. The van der Waals surface area contributed by atoms with Gasteiger partial charge in [-0.3, -0.25) is 0 Å². The lowest BCUT2D eigenvalue weighted by atomic mass is 9.99. The van der Waals surface area contributed by atoms with Crippen molar-refractivity contribution in [2.75, 3.05) is 19.7 Å². The summed E-state index contributed by atoms with van der Waals surface area (Å²) < 4.78 is 19.2. The highest BCUT2D eigenvalue weighted by atomic mass is 35.5. The molecule has 1 unspecified atom stereocenters. The molecule has 1 aliphatic rings. The van der Waals surface area contributed by atoms with Crippen molar-refractivity contribution in [2.24, 2.45) is 0 Å². The first-order chi connectivity index (χ1) is 7.61. The Morgan fingerprint density at radius 2 is 2.19 bits per heavy atom. The second-order valence-corrected chi connectivity index (χ2v) is 4.45. The van der Waals surface area contributed by atoms with Gasteiger partial charge in [0.1, 0.15) is 5.82 Å². The summed E-state index contributed by atoms with van der Waals surface area (Å²) >= 11 is 6.09. The molecule has 2 rings (SSSR count). The monoisotopic (exact) mass is 243 g/mol. The minimum absolute atomic E-state index is 0.0960. The van der Waals surface area contributed by atoms with Crippen molar-refractivity contribution in [2.45, 2.75) is 20.0 Å². The summed E-state index contributed by atoms with van der Waals surface area (Å²) in [6.07, 6.45) is -0.0960. The molecule has 0 saturated carbocycles. The van der Waals surface area contributed by atoms with Gasteiger partial charge in [-0.05, 0) is 31.0 Å². The summed E-state index contributed by atoms with van der Waals surface area (Å²) in [5.41, 5.74) is 2.27. The third-order valence-corrected chi connectivity index (χ3v) is 3.57. The van der Waals surface area contributed by atoms with E-state index < -0.39 is 0 Å². The molecule has 88 valence electrons. The fourth-order valence-corrected chi connectivity index (χ4v) is 2.16. The van der Waals surface area contributed by atoms with Gasteiger partial charge in [0.2, 0.25) is 0 Å². The van der Waals surface area contributed by atoms with Crippen LogP contribution in [0.3, 0.4) is 0 Å². The van der Waals surface area contributed by atoms with Crippen molar-refractivity contribution in [1.82, 2.24) is 5.32 Å². The zero-order chi connectivity index (χ0) is 11.7. The van der Waals surface area contributed by atoms with Gasteiger partial charge in [-0.2, -0.15) is 0 Å². The van der Waals surface area contributed by atoms with E-state index >= 15 is 0 Å². The van der Waals surface area contributed by atoms with Crippen LogP contribution in [0, 0.1) is 19.7 Å². The molecule has 1 aromatic carbocycles. The predicted octanol–water partition coefficient (Wildman–Crippen LogP) is 2.76. The minimum atomic E-state index is -0.264. The van der Waals surface area contributed by atoms with Crippen molar-refractivity contribution in [3.05, 3.63) is 33.6 Å². The molecule has 0 aliphatic carbocycles. The molecule has 1 N–H and O–H groups in total. The van der Waals surface area contributed by atoms with Crippen LogP contribution in [0.25, 0.3) is 0 Å². The van der Waals surface area contributed by atoms with Crippen LogP contribution in [0.15, 0.2) is 6.07 Å². The first-order valence-corrected chi connectivity index (χ1v) is 5.76. The van der Waals surface area contributed by atoms with Crippen molar-refractivity contribution in [1.29, 1.82) is 0 Å². The van der Waals surface area contributed by atoms with Crippen LogP contribution in [0.1, 0.15) is 22.8 Å². The quantitative estimate of drug-likeness (QED) is 0.819. The number of morpholine rings is 1. The molecule has 1 fully saturated rings. The summed E-state index contributed by atoms with van der Waals surface area (Å²) in [5, 5.41) is 3.73. The summed E-state index contributed by atoms with van der Waals surface area (Å²) in [7, 11) is 0. The van der Waals surface area contributed by atoms with E-state index in [2.05, 4.69) is 5.32 Å². The number of ether oxygens (including phenoxy) is 1. The molecule has 1 aliphatic heterocycles. The van der Waals surface area contributed by atoms with Crippen LogP contribution < -0.4 is 5.32 Å². The Bertz CT molecular complexity index is 402. The van der Waals surface area contributed by atoms with E-state index in [1.54, 1.807) is 6.92 Å². The fourth-order valence-electron chi connectivity index (χ4n) is 1.97. The summed E-state index contributed by atoms with van der Waals surface area (Å²) in [5.74, 6) is -0.264. The Labute approximate surface area is 99.7 Å². The number of hydrogen-bond acceptors (Lipinski definition) is 2. The number of rotatable bonds is 1. The number of benzene rings is 1. The van der Waals surface area contributed by atoms with E-state index in [0.29, 0.717) is 23.7 Å². The Kier molecular flexibility index (Phi) is 3.47. The molecule has 16 heavy (non-hydrogen) atoms. The molecule has 0 spiro atoms. The summed E-state index contributed by atoms with van der Waals surface area (Å²) in [6, 6.07) is 1.54. The molecule has 1 aromatic rings. The highest BCUT2D eigenvalue weighted by Crippen LogP contribution is 2.31. The maximum atomic E-state index is 13.6. The lowest BCUT2D eigenvalue weighted by Crippen LogP contribution is -2.33. The van der Waals surface area contributed by atoms with E-state index in [4.69, 9.17) is 16.3 Å². The average molecular weight is 244 g/mol. The maximum absolute atomic E-state index is 13.6. The van der Waals surface area contributed by atoms with E-state index in [0.717, 1.165) is 17.7 Å². The molecule has 1 heterocycles. The normalized spacial score (nSPS) is 21.1. The van der Waals surface area contributed by atoms with Gasteiger partial charge in [0.15, 0.2) is 0 Å². The highest BCUT2D eigenvalue weighted by molar-refractivity contribution is 6.32. The molecular weight excluding hydrogens is 229 g/mol. The molecular formula is C12H15ClFNO. The van der Waals surface area contributed by atoms with Gasteiger partial charge in [-0.15, -0.1) is 0 Å². The van der Waals surface area contributed by atoms with E-state index in [1.807, 2.05) is 6.92 Å². The molecule has 4 heteroatoms. The molecule has 1 saturated heterocycles. The Morgan fingerprint density at radius 1 is 1.44 bits per heavy atom. The van der Waals surface area contributed by atoms with Gasteiger partial charge in [0, 0.05) is 23.7 Å². The maximum Gasteiger partial charge on any atom is 0.127 e. The second-order valence-electron chi connectivity index (χ2n) is 4.08. The zero-order valence-corrected chi connectivity index (χ0v) is 10.2. The van der Waals surface area contributed by atoms with Crippen molar-refractivity contribution < 1.29 is 9.13 Å². The second kappa shape index (κ2) is 4.70. The zero-order valence-electron chi connectivity index (χ0n) is 9.44. The van der Waals surface area contributed by atoms with Crippen LogP contribution in [0.5, 0.6) is 0 Å². The Morgan fingerprint density at radius 3 is 2.81 bits per heavy atom. The van der Waals surface area contributed by atoms with Gasteiger partial charge in [-0.25, -0.2) is 4.39 Å². The van der Waals surface area contributed by atoms with Crippen LogP contribution in [0.2, 0.25) is 5.02 Å². The Hall–Kier alpha value is -0.640. The lowest BCUT2D eigenvalue weighted by molar-refractivity contribution is 0.0271. The van der Waals surface area contributed by atoms with Gasteiger partial charge in [0.25, 0.3) is 0 Å². The summed E-state index contributed by atoms with van der Waals surface area (Å²) in [6.45, 7) is 5.80. The molecule has 0 radical (unpaired) electrons. The third-order valence-electron chi connectivity index (χ3n) is 3.01. The van der Waals surface area contributed by atoms with E-state index in [9.17, 15) is 4.39 Å². The van der Waals surface area contributed by atoms with E-state index in [-0.39, 0.29) is 11.9 Å². The van der Waals surface area contributed by atoms with Crippen LogP contribution >= 0.6 is 11.6 Å². The standard InChI is InChI=1S/C12H15ClFNO/c1-7-9(11-6-15-3-4-16-11)5-10(14)8(2)12(7)13/h5,11,15H,3-4,6H2,1-2H3. The Balaban J connectivity index is 2.40.